The molecule has 0 aliphatic rings. The SMILES string of the molecule is CC#CCn1ncc(F)c1OC. The van der Waals surface area contributed by atoms with Crippen LogP contribution in [0, 0.1) is 17.7 Å². The van der Waals surface area contributed by atoms with Gasteiger partial charge < -0.3 is 4.74 Å². The van der Waals surface area contributed by atoms with Gasteiger partial charge in [-0.25, -0.2) is 4.68 Å². The molecule has 0 atom stereocenters. The van der Waals surface area contributed by atoms with Gasteiger partial charge in [0.05, 0.1) is 13.3 Å². The van der Waals surface area contributed by atoms with E-state index in [4.69, 9.17) is 4.74 Å². The maximum absolute atomic E-state index is 12.8. The summed E-state index contributed by atoms with van der Waals surface area (Å²) in [5.74, 6) is 5.10. The van der Waals surface area contributed by atoms with Gasteiger partial charge in [0.15, 0.2) is 0 Å². The van der Waals surface area contributed by atoms with E-state index in [1.165, 1.54) is 11.8 Å². The molecule has 1 aromatic rings. The molecule has 0 aliphatic heterocycles. The number of hydrogen-bond donors (Lipinski definition) is 0. The number of halogens is 1. The van der Waals surface area contributed by atoms with Gasteiger partial charge in [-0.3, -0.25) is 0 Å². The van der Waals surface area contributed by atoms with E-state index in [-0.39, 0.29) is 5.88 Å². The molecule has 12 heavy (non-hydrogen) atoms. The van der Waals surface area contributed by atoms with E-state index >= 15 is 0 Å². The van der Waals surface area contributed by atoms with Crippen molar-refractivity contribution in [3.05, 3.63) is 12.0 Å². The van der Waals surface area contributed by atoms with Gasteiger partial charge in [0.2, 0.25) is 11.7 Å². The van der Waals surface area contributed by atoms with Crippen molar-refractivity contribution in [1.82, 2.24) is 9.78 Å². The smallest absolute Gasteiger partial charge is 0.249 e. The first-order chi connectivity index (χ1) is 5.79. The molecule has 64 valence electrons. The fraction of sp³-hybridized carbons (Fsp3) is 0.375. The van der Waals surface area contributed by atoms with Crippen LogP contribution in [0.25, 0.3) is 0 Å². The topological polar surface area (TPSA) is 27.1 Å². The van der Waals surface area contributed by atoms with E-state index in [0.717, 1.165) is 6.20 Å². The Morgan fingerprint density at radius 1 is 1.75 bits per heavy atom. The molecule has 0 fully saturated rings. The number of methoxy groups -OCH3 is 1. The minimum atomic E-state index is -0.463. The Labute approximate surface area is 70.1 Å². The lowest BCUT2D eigenvalue weighted by molar-refractivity contribution is 0.348. The highest BCUT2D eigenvalue weighted by Gasteiger charge is 2.08. The molecular formula is C8H9FN2O. The van der Waals surface area contributed by atoms with Crippen LogP contribution in [0.4, 0.5) is 4.39 Å². The van der Waals surface area contributed by atoms with Gasteiger partial charge in [0.1, 0.15) is 6.54 Å². The fourth-order valence-corrected chi connectivity index (χ4v) is 0.821. The van der Waals surface area contributed by atoms with Crippen molar-refractivity contribution >= 4 is 0 Å². The van der Waals surface area contributed by atoms with Crippen molar-refractivity contribution < 1.29 is 9.13 Å². The molecule has 1 rings (SSSR count). The maximum Gasteiger partial charge on any atom is 0.249 e. The first-order valence-corrected chi connectivity index (χ1v) is 3.44. The van der Waals surface area contributed by atoms with Gasteiger partial charge in [-0.05, 0) is 6.92 Å². The van der Waals surface area contributed by atoms with Crippen molar-refractivity contribution in [3.63, 3.8) is 0 Å². The third kappa shape index (κ3) is 1.56. The quantitative estimate of drug-likeness (QED) is 0.617. The van der Waals surface area contributed by atoms with Crippen LogP contribution in [0.5, 0.6) is 5.88 Å². The second-order valence-corrected chi connectivity index (χ2v) is 2.09. The Morgan fingerprint density at radius 3 is 3.08 bits per heavy atom. The normalized spacial score (nSPS) is 8.92. The van der Waals surface area contributed by atoms with Crippen LogP contribution < -0.4 is 4.74 Å². The predicted octanol–water partition coefficient (Wildman–Crippen LogP) is 1.05. The van der Waals surface area contributed by atoms with Crippen molar-refractivity contribution in [2.45, 2.75) is 13.5 Å². The lowest BCUT2D eigenvalue weighted by Crippen LogP contribution is -2.01. The van der Waals surface area contributed by atoms with Crippen LogP contribution in [0.2, 0.25) is 0 Å². The second-order valence-electron chi connectivity index (χ2n) is 2.09. The van der Waals surface area contributed by atoms with Crippen LogP contribution >= 0.6 is 0 Å². The fourth-order valence-electron chi connectivity index (χ4n) is 0.821. The number of nitrogens with zero attached hydrogens (tertiary/aromatic N) is 2. The molecule has 4 heteroatoms. The summed E-state index contributed by atoms with van der Waals surface area (Å²) in [6, 6.07) is 0. The zero-order chi connectivity index (χ0) is 8.97. The predicted molar refractivity (Wildman–Crippen MR) is 42.2 cm³/mol. The van der Waals surface area contributed by atoms with E-state index in [2.05, 4.69) is 16.9 Å². The molecule has 1 aromatic heterocycles. The molecule has 0 unspecified atom stereocenters. The van der Waals surface area contributed by atoms with E-state index in [1.54, 1.807) is 6.92 Å². The third-order valence-corrected chi connectivity index (χ3v) is 1.35. The van der Waals surface area contributed by atoms with Crippen molar-refractivity contribution in [3.8, 4) is 17.7 Å². The molecule has 0 aliphatic carbocycles. The van der Waals surface area contributed by atoms with Gasteiger partial charge in [-0.15, -0.1) is 5.92 Å². The van der Waals surface area contributed by atoms with Crippen LogP contribution in [-0.2, 0) is 6.54 Å². The number of rotatable bonds is 2. The zero-order valence-electron chi connectivity index (χ0n) is 6.97. The van der Waals surface area contributed by atoms with Gasteiger partial charge in [0, 0.05) is 0 Å². The molecule has 0 aromatic carbocycles. The molecular weight excluding hydrogens is 159 g/mol. The summed E-state index contributed by atoms with van der Waals surface area (Å²) in [5.41, 5.74) is 0. The Bertz CT molecular complexity index is 322. The number of ether oxygens (including phenoxy) is 1. The molecule has 3 nitrogen and oxygen atoms in total. The highest BCUT2D eigenvalue weighted by Crippen LogP contribution is 2.14. The van der Waals surface area contributed by atoms with Crippen LogP contribution in [-0.4, -0.2) is 16.9 Å². The number of hydrogen-bond acceptors (Lipinski definition) is 2. The Kier molecular flexibility index (Phi) is 2.70. The first-order valence-electron chi connectivity index (χ1n) is 3.44. The van der Waals surface area contributed by atoms with E-state index in [0.29, 0.717) is 6.54 Å². The second kappa shape index (κ2) is 3.77. The molecule has 0 spiro atoms. The molecule has 0 saturated carbocycles. The standard InChI is InChI=1S/C8H9FN2O/c1-3-4-5-11-8(12-2)7(9)6-10-11/h6H,5H2,1-2H3. The Hall–Kier alpha value is -1.50. The highest BCUT2D eigenvalue weighted by atomic mass is 19.1. The molecule has 0 amide bonds. The van der Waals surface area contributed by atoms with E-state index in [1.807, 2.05) is 0 Å². The van der Waals surface area contributed by atoms with Crippen LogP contribution in [0.1, 0.15) is 6.92 Å². The highest BCUT2D eigenvalue weighted by molar-refractivity contribution is 5.12. The maximum atomic E-state index is 12.8. The summed E-state index contributed by atoms with van der Waals surface area (Å²) in [6.45, 7) is 2.07. The van der Waals surface area contributed by atoms with Crippen LogP contribution in [0.15, 0.2) is 6.20 Å². The van der Waals surface area contributed by atoms with Crippen molar-refractivity contribution in [2.24, 2.45) is 0 Å². The summed E-state index contributed by atoms with van der Waals surface area (Å²) >= 11 is 0. The average molecular weight is 168 g/mol. The summed E-state index contributed by atoms with van der Waals surface area (Å²) < 4.78 is 18.9. The van der Waals surface area contributed by atoms with E-state index < -0.39 is 5.82 Å². The summed E-state index contributed by atoms with van der Waals surface area (Å²) in [6.07, 6.45) is 1.11. The van der Waals surface area contributed by atoms with Gasteiger partial charge in [-0.2, -0.15) is 9.49 Å². The van der Waals surface area contributed by atoms with Crippen LogP contribution in [0.3, 0.4) is 0 Å². The van der Waals surface area contributed by atoms with Gasteiger partial charge in [0.25, 0.3) is 0 Å². The monoisotopic (exact) mass is 168 g/mol. The first kappa shape index (κ1) is 8.60. The molecule has 0 saturated heterocycles. The number of aromatic nitrogens is 2. The minimum absolute atomic E-state index is 0.123. The summed E-state index contributed by atoms with van der Waals surface area (Å²) in [7, 11) is 1.40. The molecule has 0 radical (unpaired) electrons. The van der Waals surface area contributed by atoms with E-state index in [9.17, 15) is 4.39 Å². The minimum Gasteiger partial charge on any atom is -0.479 e. The van der Waals surface area contributed by atoms with Gasteiger partial charge in [-0.1, -0.05) is 5.92 Å². The lowest BCUT2D eigenvalue weighted by Gasteiger charge is -2.00. The molecule has 0 N–H and O–H groups in total. The molecule has 1 heterocycles. The van der Waals surface area contributed by atoms with Crippen molar-refractivity contribution in [1.29, 1.82) is 0 Å². The lowest BCUT2D eigenvalue weighted by atomic mass is 10.6. The molecule has 0 bridgehead atoms. The summed E-state index contributed by atoms with van der Waals surface area (Å²) in [4.78, 5) is 0. The van der Waals surface area contributed by atoms with Crippen molar-refractivity contribution in [2.75, 3.05) is 7.11 Å². The third-order valence-electron chi connectivity index (χ3n) is 1.35. The summed E-state index contributed by atoms with van der Waals surface area (Å²) in [5, 5.41) is 3.74. The Morgan fingerprint density at radius 2 is 2.50 bits per heavy atom. The Balaban J connectivity index is 2.88. The zero-order valence-corrected chi connectivity index (χ0v) is 6.97. The average Bonchev–Trinajstić information content (AvgIpc) is 2.43. The van der Waals surface area contributed by atoms with Gasteiger partial charge >= 0.3 is 0 Å². The largest absolute Gasteiger partial charge is 0.479 e.